The van der Waals surface area contributed by atoms with Gasteiger partial charge in [0.05, 0.1) is 6.61 Å². The van der Waals surface area contributed by atoms with Gasteiger partial charge in [-0.2, -0.15) is 0 Å². The molecule has 0 atom stereocenters. The van der Waals surface area contributed by atoms with E-state index < -0.39 is 0 Å². The highest BCUT2D eigenvalue weighted by molar-refractivity contribution is 5.73. The normalized spacial score (nSPS) is 10.6. The number of nitrogens with zero attached hydrogens (tertiary/aromatic N) is 1. The SMILES string of the molecule is CCOC(=O)NCCc1ccc2nc(C)oc2c1. The van der Waals surface area contributed by atoms with Crippen LogP contribution in [0.15, 0.2) is 22.6 Å². The fraction of sp³-hybridized carbons (Fsp3) is 0.385. The van der Waals surface area contributed by atoms with E-state index in [2.05, 4.69) is 10.3 Å². The van der Waals surface area contributed by atoms with Crippen molar-refractivity contribution in [2.45, 2.75) is 20.3 Å². The first-order chi connectivity index (χ1) is 8.69. The van der Waals surface area contributed by atoms with Crippen LogP contribution >= 0.6 is 0 Å². The summed E-state index contributed by atoms with van der Waals surface area (Å²) in [6, 6.07) is 5.85. The van der Waals surface area contributed by atoms with Gasteiger partial charge in [-0.3, -0.25) is 0 Å². The quantitative estimate of drug-likeness (QED) is 0.902. The van der Waals surface area contributed by atoms with Gasteiger partial charge in [0, 0.05) is 13.5 Å². The van der Waals surface area contributed by atoms with Crippen molar-refractivity contribution in [3.8, 4) is 0 Å². The molecule has 5 heteroatoms. The van der Waals surface area contributed by atoms with E-state index in [1.165, 1.54) is 0 Å². The summed E-state index contributed by atoms with van der Waals surface area (Å²) in [5, 5.41) is 2.68. The number of aryl methyl sites for hydroxylation is 1. The Balaban J connectivity index is 1.93. The van der Waals surface area contributed by atoms with Crippen LogP contribution in [0.1, 0.15) is 18.4 Å². The van der Waals surface area contributed by atoms with Crippen molar-refractivity contribution < 1.29 is 13.9 Å². The van der Waals surface area contributed by atoms with Gasteiger partial charge in [0.15, 0.2) is 11.5 Å². The van der Waals surface area contributed by atoms with E-state index in [9.17, 15) is 4.79 Å². The van der Waals surface area contributed by atoms with Crippen LogP contribution in [0.25, 0.3) is 11.1 Å². The number of hydrogen-bond acceptors (Lipinski definition) is 4. The van der Waals surface area contributed by atoms with Crippen molar-refractivity contribution in [3.05, 3.63) is 29.7 Å². The molecule has 0 aliphatic rings. The largest absolute Gasteiger partial charge is 0.450 e. The molecule has 18 heavy (non-hydrogen) atoms. The number of benzene rings is 1. The Kier molecular flexibility index (Phi) is 3.82. The van der Waals surface area contributed by atoms with Gasteiger partial charge in [-0.25, -0.2) is 9.78 Å². The monoisotopic (exact) mass is 248 g/mol. The fourth-order valence-corrected chi connectivity index (χ4v) is 1.73. The second kappa shape index (κ2) is 5.53. The molecule has 2 rings (SSSR count). The van der Waals surface area contributed by atoms with Crippen LogP contribution in [0.3, 0.4) is 0 Å². The van der Waals surface area contributed by atoms with Gasteiger partial charge in [-0.05, 0) is 31.0 Å². The number of hydrogen-bond donors (Lipinski definition) is 1. The van der Waals surface area contributed by atoms with Crippen LogP contribution in [-0.4, -0.2) is 24.2 Å². The van der Waals surface area contributed by atoms with E-state index in [1.54, 1.807) is 6.92 Å². The molecule has 0 bridgehead atoms. The lowest BCUT2D eigenvalue weighted by atomic mass is 10.1. The summed E-state index contributed by atoms with van der Waals surface area (Å²) < 4.78 is 10.2. The lowest BCUT2D eigenvalue weighted by Crippen LogP contribution is -2.26. The molecule has 1 aromatic carbocycles. The van der Waals surface area contributed by atoms with Gasteiger partial charge in [0.2, 0.25) is 0 Å². The zero-order valence-corrected chi connectivity index (χ0v) is 10.5. The zero-order valence-electron chi connectivity index (χ0n) is 10.5. The lowest BCUT2D eigenvalue weighted by Gasteiger charge is -2.04. The molecule has 5 nitrogen and oxygen atoms in total. The third-order valence-electron chi connectivity index (χ3n) is 2.52. The lowest BCUT2D eigenvalue weighted by molar-refractivity contribution is 0.152. The van der Waals surface area contributed by atoms with Crippen LogP contribution in [0.2, 0.25) is 0 Å². The van der Waals surface area contributed by atoms with E-state index in [0.29, 0.717) is 19.0 Å². The predicted octanol–water partition coefficient (Wildman–Crippen LogP) is 2.42. The zero-order chi connectivity index (χ0) is 13.0. The molecule has 0 aliphatic heterocycles. The first-order valence-electron chi connectivity index (χ1n) is 5.95. The van der Waals surface area contributed by atoms with Crippen molar-refractivity contribution in [3.63, 3.8) is 0 Å². The molecule has 0 spiro atoms. The van der Waals surface area contributed by atoms with Crippen LogP contribution < -0.4 is 5.32 Å². The van der Waals surface area contributed by atoms with Crippen LogP contribution in [-0.2, 0) is 11.2 Å². The molecule has 1 aromatic heterocycles. The maximum Gasteiger partial charge on any atom is 0.407 e. The summed E-state index contributed by atoms with van der Waals surface area (Å²) in [5.74, 6) is 0.659. The number of ether oxygens (including phenoxy) is 1. The molecule has 0 fully saturated rings. The number of nitrogens with one attached hydrogen (secondary N) is 1. The minimum absolute atomic E-state index is 0.380. The van der Waals surface area contributed by atoms with E-state index in [0.717, 1.165) is 23.1 Å². The van der Waals surface area contributed by atoms with E-state index in [-0.39, 0.29) is 6.09 Å². The maximum absolute atomic E-state index is 11.1. The second-order valence-corrected chi connectivity index (χ2v) is 3.93. The van der Waals surface area contributed by atoms with Gasteiger partial charge in [-0.15, -0.1) is 0 Å². The molecule has 0 radical (unpaired) electrons. The summed E-state index contributed by atoms with van der Waals surface area (Å²) in [5.41, 5.74) is 2.73. The number of carbonyl (C=O) groups is 1. The number of fused-ring (bicyclic) bond motifs is 1. The maximum atomic E-state index is 11.1. The molecule has 1 heterocycles. The molecule has 1 N–H and O–H groups in total. The Morgan fingerprint density at radius 3 is 3.11 bits per heavy atom. The van der Waals surface area contributed by atoms with E-state index in [1.807, 2.05) is 25.1 Å². The van der Waals surface area contributed by atoms with Crippen molar-refractivity contribution in [2.75, 3.05) is 13.2 Å². The van der Waals surface area contributed by atoms with Gasteiger partial charge >= 0.3 is 6.09 Å². The first kappa shape index (κ1) is 12.4. The molecule has 0 aliphatic carbocycles. The standard InChI is InChI=1S/C13H16N2O3/c1-3-17-13(16)14-7-6-10-4-5-11-12(8-10)18-9(2)15-11/h4-5,8H,3,6-7H2,1-2H3,(H,14,16). The molecule has 0 unspecified atom stereocenters. The minimum atomic E-state index is -0.380. The summed E-state index contributed by atoms with van der Waals surface area (Å²) in [6.07, 6.45) is 0.350. The van der Waals surface area contributed by atoms with Crippen LogP contribution in [0.4, 0.5) is 4.79 Å². The molecule has 0 saturated carbocycles. The van der Waals surface area contributed by atoms with Gasteiger partial charge in [-0.1, -0.05) is 6.07 Å². The molecular weight excluding hydrogens is 232 g/mol. The Morgan fingerprint density at radius 2 is 2.33 bits per heavy atom. The summed E-state index contributed by atoms with van der Waals surface area (Å²) in [4.78, 5) is 15.3. The molecule has 96 valence electrons. The van der Waals surface area contributed by atoms with Gasteiger partial charge in [0.25, 0.3) is 0 Å². The van der Waals surface area contributed by atoms with Crippen molar-refractivity contribution in [2.24, 2.45) is 0 Å². The average molecular weight is 248 g/mol. The topological polar surface area (TPSA) is 64.4 Å². The number of oxazole rings is 1. The Bertz CT molecular complexity index is 548. The second-order valence-electron chi connectivity index (χ2n) is 3.93. The van der Waals surface area contributed by atoms with Gasteiger partial charge in [0.1, 0.15) is 5.52 Å². The Labute approximate surface area is 105 Å². The average Bonchev–Trinajstić information content (AvgIpc) is 2.69. The Hall–Kier alpha value is -2.04. The van der Waals surface area contributed by atoms with Crippen molar-refractivity contribution >= 4 is 17.2 Å². The highest BCUT2D eigenvalue weighted by atomic mass is 16.5. The van der Waals surface area contributed by atoms with E-state index >= 15 is 0 Å². The highest BCUT2D eigenvalue weighted by Gasteiger charge is 2.04. The number of carbonyl (C=O) groups excluding carboxylic acids is 1. The molecule has 2 aromatic rings. The number of amides is 1. The molecular formula is C13H16N2O3. The summed E-state index contributed by atoms with van der Waals surface area (Å²) in [6.45, 7) is 4.52. The molecule has 1 amide bonds. The molecule has 0 saturated heterocycles. The van der Waals surface area contributed by atoms with Crippen molar-refractivity contribution in [1.82, 2.24) is 10.3 Å². The predicted molar refractivity (Wildman–Crippen MR) is 67.5 cm³/mol. The Morgan fingerprint density at radius 1 is 1.50 bits per heavy atom. The van der Waals surface area contributed by atoms with Gasteiger partial charge < -0.3 is 14.5 Å². The summed E-state index contributed by atoms with van der Waals surface area (Å²) in [7, 11) is 0. The number of alkyl carbamates (subject to hydrolysis) is 1. The minimum Gasteiger partial charge on any atom is -0.450 e. The number of rotatable bonds is 4. The fourth-order valence-electron chi connectivity index (χ4n) is 1.73. The van der Waals surface area contributed by atoms with Crippen molar-refractivity contribution in [1.29, 1.82) is 0 Å². The smallest absolute Gasteiger partial charge is 0.407 e. The highest BCUT2D eigenvalue weighted by Crippen LogP contribution is 2.16. The number of aromatic nitrogens is 1. The third kappa shape index (κ3) is 3.00. The third-order valence-corrected chi connectivity index (χ3v) is 2.52. The summed E-state index contributed by atoms with van der Waals surface area (Å²) >= 11 is 0. The van der Waals surface area contributed by atoms with E-state index in [4.69, 9.17) is 9.15 Å². The van der Waals surface area contributed by atoms with Crippen LogP contribution in [0, 0.1) is 6.92 Å². The van der Waals surface area contributed by atoms with Crippen LogP contribution in [0.5, 0.6) is 0 Å². The first-order valence-corrected chi connectivity index (χ1v) is 5.95.